The quantitative estimate of drug-likeness (QED) is 0.760. The Hall–Kier alpha value is -3.08. The maximum absolute atomic E-state index is 12.0. The van der Waals surface area contributed by atoms with Gasteiger partial charge in [-0.05, 0) is 47.4 Å². The third kappa shape index (κ3) is 6.14. The summed E-state index contributed by atoms with van der Waals surface area (Å²) in [5.41, 5.74) is 7.88. The van der Waals surface area contributed by atoms with Gasteiger partial charge in [-0.2, -0.15) is 0 Å². The van der Waals surface area contributed by atoms with Crippen molar-refractivity contribution in [1.29, 1.82) is 0 Å². The van der Waals surface area contributed by atoms with Gasteiger partial charge in [-0.15, -0.1) is 0 Å². The summed E-state index contributed by atoms with van der Waals surface area (Å²) in [4.78, 5) is 22.6. The van der Waals surface area contributed by atoms with Gasteiger partial charge < -0.3 is 15.8 Å². The van der Waals surface area contributed by atoms with Crippen LogP contribution in [0.2, 0.25) is 0 Å². The predicted octanol–water partition coefficient (Wildman–Crippen LogP) is 3.33. The number of primary amides is 1. The smallest absolute Gasteiger partial charge is 0.255 e. The zero-order valence-electron chi connectivity index (χ0n) is 14.4. The summed E-state index contributed by atoms with van der Waals surface area (Å²) >= 11 is 0. The van der Waals surface area contributed by atoms with Crippen LogP contribution in [0.3, 0.4) is 0 Å². The van der Waals surface area contributed by atoms with E-state index in [1.165, 1.54) is 11.6 Å². The minimum atomic E-state index is -0.538. The van der Waals surface area contributed by atoms with Crippen molar-refractivity contribution >= 4 is 23.6 Å². The lowest BCUT2D eigenvalue weighted by molar-refractivity contribution is -0.120. The first-order valence-corrected chi connectivity index (χ1v) is 8.04. The van der Waals surface area contributed by atoms with Crippen LogP contribution in [0.4, 0.5) is 5.69 Å². The summed E-state index contributed by atoms with van der Waals surface area (Å²) in [7, 11) is 0. The van der Waals surface area contributed by atoms with Crippen molar-refractivity contribution in [3.63, 3.8) is 0 Å². The molecule has 0 spiro atoms. The number of rotatable bonds is 7. The summed E-state index contributed by atoms with van der Waals surface area (Å²) in [5.74, 6) is 0.233. The minimum absolute atomic E-state index is 0.177. The lowest BCUT2D eigenvalue weighted by Gasteiger charge is -2.06. The van der Waals surface area contributed by atoms with E-state index < -0.39 is 5.91 Å². The van der Waals surface area contributed by atoms with E-state index in [0.29, 0.717) is 17.4 Å². The van der Waals surface area contributed by atoms with Crippen molar-refractivity contribution in [2.45, 2.75) is 19.8 Å². The van der Waals surface area contributed by atoms with Gasteiger partial charge in [0.05, 0.1) is 0 Å². The predicted molar refractivity (Wildman–Crippen MR) is 99.3 cm³/mol. The van der Waals surface area contributed by atoms with Crippen molar-refractivity contribution in [2.24, 2.45) is 5.73 Å². The molecule has 2 rings (SSSR count). The van der Waals surface area contributed by atoms with Crippen molar-refractivity contribution in [3.8, 4) is 5.75 Å². The first-order chi connectivity index (χ1) is 11.9. The molecular formula is C20H22N2O3. The molecule has 0 aliphatic carbocycles. The Labute approximate surface area is 147 Å². The number of nitrogens with two attached hydrogens (primary N) is 1. The molecule has 0 aromatic heterocycles. The van der Waals surface area contributed by atoms with E-state index in [4.69, 9.17) is 10.5 Å². The van der Waals surface area contributed by atoms with Crippen LogP contribution in [-0.4, -0.2) is 18.4 Å². The average Bonchev–Trinajstić information content (AvgIpc) is 2.59. The van der Waals surface area contributed by atoms with Crippen LogP contribution in [0, 0.1) is 0 Å². The molecule has 5 heteroatoms. The molecule has 0 aliphatic rings. The molecule has 130 valence electrons. The summed E-state index contributed by atoms with van der Waals surface area (Å²) in [5, 5.41) is 2.76. The monoisotopic (exact) mass is 338 g/mol. The second-order valence-electron chi connectivity index (χ2n) is 5.92. The van der Waals surface area contributed by atoms with Gasteiger partial charge in [0.15, 0.2) is 6.61 Å². The summed E-state index contributed by atoms with van der Waals surface area (Å²) in [6.07, 6.45) is 3.26. The summed E-state index contributed by atoms with van der Waals surface area (Å²) in [6.45, 7) is 4.11. The Morgan fingerprint density at radius 2 is 1.72 bits per heavy atom. The molecule has 3 N–H and O–H groups in total. The van der Waals surface area contributed by atoms with Crippen LogP contribution in [0.15, 0.2) is 54.6 Å². The van der Waals surface area contributed by atoms with Gasteiger partial charge in [-0.3, -0.25) is 9.59 Å². The number of hydrogen-bond donors (Lipinski definition) is 2. The first kappa shape index (κ1) is 18.3. The van der Waals surface area contributed by atoms with Crippen molar-refractivity contribution < 1.29 is 14.3 Å². The van der Waals surface area contributed by atoms with Crippen molar-refractivity contribution in [2.75, 3.05) is 11.9 Å². The molecule has 25 heavy (non-hydrogen) atoms. The second kappa shape index (κ2) is 8.68. The normalized spacial score (nSPS) is 10.8. The zero-order valence-corrected chi connectivity index (χ0v) is 14.4. The maximum Gasteiger partial charge on any atom is 0.255 e. The molecule has 0 atom stereocenters. The molecule has 0 aliphatic heterocycles. The van der Waals surface area contributed by atoms with Gasteiger partial charge in [0, 0.05) is 11.8 Å². The standard InChI is InChI=1S/C20H22N2O3/c1-14(2)16-6-3-15(4-7-16)5-12-20(24)22-17-8-10-18(11-9-17)25-13-19(21)23/h3-12,14H,13H2,1-2H3,(H2,21,23)(H,22,24)/b12-5+. The van der Waals surface area contributed by atoms with E-state index >= 15 is 0 Å². The van der Waals surface area contributed by atoms with E-state index in [1.807, 2.05) is 12.1 Å². The Bertz CT molecular complexity index is 748. The van der Waals surface area contributed by atoms with Gasteiger partial charge in [-0.25, -0.2) is 0 Å². The molecular weight excluding hydrogens is 316 g/mol. The fraction of sp³-hybridized carbons (Fsp3) is 0.200. The molecule has 0 bridgehead atoms. The van der Waals surface area contributed by atoms with Crippen LogP contribution in [0.5, 0.6) is 5.75 Å². The number of carbonyl (C=O) groups excluding carboxylic acids is 2. The molecule has 0 fully saturated rings. The Balaban J connectivity index is 1.89. The lowest BCUT2D eigenvalue weighted by Crippen LogP contribution is -2.20. The fourth-order valence-corrected chi connectivity index (χ4v) is 2.14. The second-order valence-corrected chi connectivity index (χ2v) is 5.92. The Morgan fingerprint density at radius 1 is 1.08 bits per heavy atom. The summed E-state index contributed by atoms with van der Waals surface area (Å²) in [6, 6.07) is 14.8. The van der Waals surface area contributed by atoms with Gasteiger partial charge in [0.1, 0.15) is 5.75 Å². The highest BCUT2D eigenvalue weighted by molar-refractivity contribution is 6.01. The van der Waals surface area contributed by atoms with Crippen LogP contribution >= 0.6 is 0 Å². The highest BCUT2D eigenvalue weighted by Gasteiger charge is 2.01. The third-order valence-corrected chi connectivity index (χ3v) is 3.53. The van der Waals surface area contributed by atoms with E-state index in [2.05, 4.69) is 31.3 Å². The molecule has 5 nitrogen and oxygen atoms in total. The van der Waals surface area contributed by atoms with Crippen LogP contribution < -0.4 is 15.8 Å². The van der Waals surface area contributed by atoms with Crippen molar-refractivity contribution in [1.82, 2.24) is 0 Å². The highest BCUT2D eigenvalue weighted by atomic mass is 16.5. The zero-order chi connectivity index (χ0) is 18.2. The number of hydrogen-bond acceptors (Lipinski definition) is 3. The topological polar surface area (TPSA) is 81.4 Å². The number of nitrogens with one attached hydrogen (secondary N) is 1. The van der Waals surface area contributed by atoms with Crippen LogP contribution in [-0.2, 0) is 9.59 Å². The molecule has 0 saturated heterocycles. The van der Waals surface area contributed by atoms with E-state index in [1.54, 1.807) is 30.3 Å². The third-order valence-electron chi connectivity index (χ3n) is 3.53. The maximum atomic E-state index is 12.0. The fourth-order valence-electron chi connectivity index (χ4n) is 2.14. The Morgan fingerprint density at radius 3 is 2.28 bits per heavy atom. The molecule has 2 amide bonds. The average molecular weight is 338 g/mol. The number of anilines is 1. The number of carbonyl (C=O) groups is 2. The van der Waals surface area contributed by atoms with E-state index in [-0.39, 0.29) is 12.5 Å². The Kier molecular flexibility index (Phi) is 6.34. The number of ether oxygens (including phenoxy) is 1. The minimum Gasteiger partial charge on any atom is -0.484 e. The summed E-state index contributed by atoms with van der Waals surface area (Å²) < 4.78 is 5.16. The lowest BCUT2D eigenvalue weighted by atomic mass is 10.0. The van der Waals surface area contributed by atoms with Gasteiger partial charge in [0.2, 0.25) is 5.91 Å². The first-order valence-electron chi connectivity index (χ1n) is 8.04. The largest absolute Gasteiger partial charge is 0.484 e. The van der Waals surface area contributed by atoms with E-state index in [0.717, 1.165) is 5.56 Å². The van der Waals surface area contributed by atoms with Crippen molar-refractivity contribution in [3.05, 3.63) is 65.7 Å². The molecule has 0 saturated carbocycles. The molecule has 0 radical (unpaired) electrons. The highest BCUT2D eigenvalue weighted by Crippen LogP contribution is 2.17. The molecule has 0 unspecified atom stereocenters. The molecule has 2 aromatic rings. The van der Waals surface area contributed by atoms with Gasteiger partial charge in [0.25, 0.3) is 5.91 Å². The molecule has 0 heterocycles. The SMILES string of the molecule is CC(C)c1ccc(/C=C/C(=O)Nc2ccc(OCC(N)=O)cc2)cc1. The van der Waals surface area contributed by atoms with Crippen LogP contribution in [0.25, 0.3) is 6.08 Å². The van der Waals surface area contributed by atoms with Gasteiger partial charge >= 0.3 is 0 Å². The number of benzene rings is 2. The number of amides is 2. The van der Waals surface area contributed by atoms with Gasteiger partial charge in [-0.1, -0.05) is 38.1 Å². The van der Waals surface area contributed by atoms with E-state index in [9.17, 15) is 9.59 Å². The van der Waals surface area contributed by atoms with Crippen LogP contribution in [0.1, 0.15) is 30.9 Å². The molecule has 2 aromatic carbocycles.